The van der Waals surface area contributed by atoms with Gasteiger partial charge in [-0.05, 0) is 38.8 Å². The fourth-order valence-corrected chi connectivity index (χ4v) is 3.25. The van der Waals surface area contributed by atoms with Crippen LogP contribution in [0.2, 0.25) is 0 Å². The highest BCUT2D eigenvalue weighted by molar-refractivity contribution is 5.00. The molecule has 16 heavy (non-hydrogen) atoms. The smallest absolute Gasteiger partial charge is 0.0726 e. The van der Waals surface area contributed by atoms with Crippen molar-refractivity contribution in [1.29, 1.82) is 0 Å². The number of rotatable bonds is 7. The molecule has 0 amide bonds. The van der Waals surface area contributed by atoms with Crippen molar-refractivity contribution in [3.05, 3.63) is 12.7 Å². The second kappa shape index (κ2) is 6.41. The number of hydrogen-bond donors (Lipinski definition) is 1. The molecule has 0 aromatic carbocycles. The predicted octanol–water partition coefficient (Wildman–Crippen LogP) is 2.97. The van der Waals surface area contributed by atoms with Crippen LogP contribution >= 0.6 is 0 Å². The van der Waals surface area contributed by atoms with Crippen LogP contribution in [0.25, 0.3) is 0 Å². The monoisotopic (exact) mass is 225 g/mol. The highest BCUT2D eigenvalue weighted by Gasteiger charge is 2.43. The fraction of sp³-hybridized carbons (Fsp3) is 0.857. The summed E-state index contributed by atoms with van der Waals surface area (Å²) < 4.78 is 0. The molecule has 0 aliphatic heterocycles. The molecule has 1 rings (SSSR count). The van der Waals surface area contributed by atoms with Crippen molar-refractivity contribution in [2.75, 3.05) is 13.1 Å². The van der Waals surface area contributed by atoms with E-state index in [1.807, 2.05) is 6.08 Å². The first-order valence-electron chi connectivity index (χ1n) is 6.75. The van der Waals surface area contributed by atoms with Crippen LogP contribution in [0.1, 0.15) is 52.4 Å². The van der Waals surface area contributed by atoms with Gasteiger partial charge in [0.2, 0.25) is 0 Å². The SMILES string of the molecule is C=CCCC(O)C1(N(CC)CC)CCCC1. The lowest BCUT2D eigenvalue weighted by Crippen LogP contribution is -2.54. The molecular weight excluding hydrogens is 198 g/mol. The van der Waals surface area contributed by atoms with E-state index in [-0.39, 0.29) is 11.6 Å². The summed E-state index contributed by atoms with van der Waals surface area (Å²) in [6.45, 7) is 10.2. The van der Waals surface area contributed by atoms with Crippen LogP contribution in [0.15, 0.2) is 12.7 Å². The number of aliphatic hydroxyl groups is 1. The zero-order valence-corrected chi connectivity index (χ0v) is 10.9. The Labute approximate surface area is 100 Å². The van der Waals surface area contributed by atoms with Gasteiger partial charge in [0.1, 0.15) is 0 Å². The van der Waals surface area contributed by atoms with Crippen molar-refractivity contribution >= 4 is 0 Å². The molecule has 94 valence electrons. The van der Waals surface area contributed by atoms with Gasteiger partial charge in [0.15, 0.2) is 0 Å². The van der Waals surface area contributed by atoms with E-state index in [4.69, 9.17) is 0 Å². The third-order valence-corrected chi connectivity index (χ3v) is 4.13. The van der Waals surface area contributed by atoms with Crippen molar-refractivity contribution in [2.45, 2.75) is 64.0 Å². The predicted molar refractivity (Wildman–Crippen MR) is 69.6 cm³/mol. The second-order valence-electron chi connectivity index (χ2n) is 4.86. The largest absolute Gasteiger partial charge is 0.391 e. The van der Waals surface area contributed by atoms with Crippen LogP contribution in [0, 0.1) is 0 Å². The van der Waals surface area contributed by atoms with E-state index >= 15 is 0 Å². The Morgan fingerprint density at radius 2 is 1.88 bits per heavy atom. The number of aliphatic hydroxyl groups excluding tert-OH is 1. The summed E-state index contributed by atoms with van der Waals surface area (Å²) in [7, 11) is 0. The van der Waals surface area contributed by atoms with Crippen molar-refractivity contribution in [1.82, 2.24) is 4.90 Å². The molecule has 1 aliphatic rings. The van der Waals surface area contributed by atoms with Crippen molar-refractivity contribution in [3.63, 3.8) is 0 Å². The first kappa shape index (κ1) is 13.7. The maximum absolute atomic E-state index is 10.5. The third kappa shape index (κ3) is 2.67. The van der Waals surface area contributed by atoms with Crippen LogP contribution in [-0.4, -0.2) is 34.7 Å². The van der Waals surface area contributed by atoms with E-state index < -0.39 is 0 Å². The van der Waals surface area contributed by atoms with E-state index in [1.165, 1.54) is 12.8 Å². The van der Waals surface area contributed by atoms with Gasteiger partial charge in [-0.2, -0.15) is 0 Å². The van der Waals surface area contributed by atoms with E-state index in [9.17, 15) is 5.11 Å². The molecule has 0 spiro atoms. The standard InChI is InChI=1S/C14H27NO/c1-4-7-10-13(16)14(11-8-9-12-14)15(5-2)6-3/h4,13,16H,1,5-12H2,2-3H3. The Hall–Kier alpha value is -0.340. The molecule has 1 fully saturated rings. The van der Waals surface area contributed by atoms with Gasteiger partial charge in [-0.1, -0.05) is 32.8 Å². The van der Waals surface area contributed by atoms with Gasteiger partial charge in [-0.15, -0.1) is 6.58 Å². The van der Waals surface area contributed by atoms with Gasteiger partial charge in [0.05, 0.1) is 6.10 Å². The Bertz CT molecular complexity index is 205. The van der Waals surface area contributed by atoms with Crippen LogP contribution in [-0.2, 0) is 0 Å². The minimum absolute atomic E-state index is 0.0620. The Balaban J connectivity index is 2.73. The summed E-state index contributed by atoms with van der Waals surface area (Å²) in [5.74, 6) is 0. The minimum atomic E-state index is -0.187. The average molecular weight is 225 g/mol. The van der Waals surface area contributed by atoms with Crippen LogP contribution < -0.4 is 0 Å². The number of hydrogen-bond acceptors (Lipinski definition) is 2. The molecule has 0 bridgehead atoms. The number of nitrogens with zero attached hydrogens (tertiary/aromatic N) is 1. The molecule has 1 aliphatic carbocycles. The molecule has 1 saturated carbocycles. The zero-order valence-electron chi connectivity index (χ0n) is 10.9. The maximum atomic E-state index is 10.5. The molecule has 0 radical (unpaired) electrons. The summed E-state index contributed by atoms with van der Waals surface area (Å²) in [5.41, 5.74) is 0.0620. The van der Waals surface area contributed by atoms with E-state index in [0.717, 1.165) is 38.8 Å². The quantitative estimate of drug-likeness (QED) is 0.673. The van der Waals surface area contributed by atoms with E-state index in [0.29, 0.717) is 0 Å². The summed E-state index contributed by atoms with van der Waals surface area (Å²) in [5, 5.41) is 10.5. The topological polar surface area (TPSA) is 23.5 Å². The van der Waals surface area contributed by atoms with Crippen LogP contribution in [0.4, 0.5) is 0 Å². The lowest BCUT2D eigenvalue weighted by atomic mass is 9.85. The summed E-state index contributed by atoms with van der Waals surface area (Å²) >= 11 is 0. The first-order valence-corrected chi connectivity index (χ1v) is 6.75. The normalized spacial score (nSPS) is 21.2. The Morgan fingerprint density at radius 1 is 1.31 bits per heavy atom. The van der Waals surface area contributed by atoms with Gasteiger partial charge >= 0.3 is 0 Å². The number of allylic oxidation sites excluding steroid dienone is 1. The second-order valence-corrected chi connectivity index (χ2v) is 4.86. The molecule has 0 aromatic heterocycles. The molecule has 2 nitrogen and oxygen atoms in total. The fourth-order valence-electron chi connectivity index (χ4n) is 3.25. The van der Waals surface area contributed by atoms with E-state index in [2.05, 4.69) is 25.3 Å². The highest BCUT2D eigenvalue weighted by Crippen LogP contribution is 2.39. The molecule has 0 saturated heterocycles. The molecule has 1 atom stereocenters. The van der Waals surface area contributed by atoms with Crippen LogP contribution in [0.5, 0.6) is 0 Å². The molecule has 1 N–H and O–H groups in total. The van der Waals surface area contributed by atoms with Gasteiger partial charge < -0.3 is 5.11 Å². The lowest BCUT2D eigenvalue weighted by molar-refractivity contribution is -0.0284. The summed E-state index contributed by atoms with van der Waals surface area (Å²) in [6.07, 6.45) is 8.36. The van der Waals surface area contributed by atoms with Crippen molar-refractivity contribution < 1.29 is 5.11 Å². The Morgan fingerprint density at radius 3 is 2.31 bits per heavy atom. The molecule has 2 heteroatoms. The minimum Gasteiger partial charge on any atom is -0.391 e. The lowest BCUT2D eigenvalue weighted by Gasteiger charge is -2.44. The zero-order chi connectivity index (χ0) is 12.0. The average Bonchev–Trinajstić information content (AvgIpc) is 2.78. The number of likely N-dealkylation sites (N-methyl/N-ethyl adjacent to an activating group) is 1. The Kier molecular flexibility index (Phi) is 5.50. The molecule has 0 aromatic rings. The molecule has 1 unspecified atom stereocenters. The van der Waals surface area contributed by atoms with Gasteiger partial charge in [0.25, 0.3) is 0 Å². The first-order chi connectivity index (χ1) is 7.71. The van der Waals surface area contributed by atoms with Gasteiger partial charge in [0, 0.05) is 5.54 Å². The van der Waals surface area contributed by atoms with Crippen molar-refractivity contribution in [2.24, 2.45) is 0 Å². The van der Waals surface area contributed by atoms with Gasteiger partial charge in [-0.3, -0.25) is 4.90 Å². The highest BCUT2D eigenvalue weighted by atomic mass is 16.3. The maximum Gasteiger partial charge on any atom is 0.0726 e. The van der Waals surface area contributed by atoms with Crippen LogP contribution in [0.3, 0.4) is 0 Å². The van der Waals surface area contributed by atoms with Gasteiger partial charge in [-0.25, -0.2) is 0 Å². The van der Waals surface area contributed by atoms with Crippen molar-refractivity contribution in [3.8, 4) is 0 Å². The van der Waals surface area contributed by atoms with E-state index in [1.54, 1.807) is 0 Å². The summed E-state index contributed by atoms with van der Waals surface area (Å²) in [6, 6.07) is 0. The molecular formula is C14H27NO. The summed E-state index contributed by atoms with van der Waals surface area (Å²) in [4.78, 5) is 2.47. The third-order valence-electron chi connectivity index (χ3n) is 4.13. The molecule has 0 heterocycles.